The Morgan fingerprint density at radius 3 is 1.05 bits per heavy atom. The predicted octanol–water partition coefficient (Wildman–Crippen LogP) is 33.2. The standard InChI is InChI=1S/2C14H15NO.2C14H18O2.2C14H20O.C12H14O2.C12H16O.C11H14O2.C9H11Cl/c2*1-9(2)11-3-4-12-13-10(6-8-16-12)5-7-15-14(11)13;2*1-8(2)11-7-9(3)14-13(10(11)4)12(15)5-6-16-14;2*1-9(2)13-8-10(3)14-12(11(13)4)6-5-7-15-14;1-8(2)9-3-4-12-10(7-9)11(13)5-6-14-12;1-9(2)10-5-6-12-11(8-10)4-3-7-13-12;1-7(2)9-4-5-10-11(6-9)13-8(3)12-10;1-7(2)8-3-5-9(10)6-4-8/h2*3-5,7,9H,6,8H2,1-2H3;2*7-8H,5-6H2,1-4H3;2*8-9H,5-7H2,1-4H3;3-4,7-8H,5-6H2,1-2H3;5-6,8-9H,3-4,7H2,1-2H3;4-8H,1-3H3;3-7H,1-2H3. The van der Waals surface area contributed by atoms with Gasteiger partial charge in [-0.05, 0) is 348 Å². The van der Waals surface area contributed by atoms with E-state index in [2.05, 4.69) is 279 Å². The van der Waals surface area contributed by atoms with E-state index in [0.717, 1.165) is 178 Å². The van der Waals surface area contributed by atoms with Crippen LogP contribution in [0.3, 0.4) is 0 Å². The van der Waals surface area contributed by atoms with Crippen molar-refractivity contribution in [2.24, 2.45) is 0 Å². The molecule has 11 heterocycles. The van der Waals surface area contributed by atoms with E-state index in [9.17, 15) is 14.4 Å². The first kappa shape index (κ1) is 111. The van der Waals surface area contributed by atoms with Crippen LogP contribution >= 0.6 is 11.6 Å². The summed E-state index contributed by atoms with van der Waals surface area (Å²) in [5, 5.41) is 3.25. The minimum atomic E-state index is -0.141. The zero-order valence-electron chi connectivity index (χ0n) is 91.8. The molecule has 10 aromatic carbocycles. The van der Waals surface area contributed by atoms with Gasteiger partial charge in [-0.2, -0.15) is 0 Å². The largest absolute Gasteiger partial charge is 0.493 e. The fourth-order valence-electron chi connectivity index (χ4n) is 20.3. The lowest BCUT2D eigenvalue weighted by Crippen LogP contribution is -2.18. The van der Waals surface area contributed by atoms with Crippen LogP contribution in [-0.2, 0) is 32.1 Å². The second-order valence-corrected chi connectivity index (χ2v) is 43.1. The zero-order valence-corrected chi connectivity index (χ0v) is 92.6. The Morgan fingerprint density at radius 1 is 0.278 bits per heavy atom. The van der Waals surface area contributed by atoms with Crippen molar-refractivity contribution in [1.29, 1.82) is 0 Å². The molecule has 0 spiro atoms. The van der Waals surface area contributed by atoms with Crippen molar-refractivity contribution in [3.05, 3.63) is 302 Å². The first-order valence-corrected chi connectivity index (χ1v) is 53.5. The van der Waals surface area contributed by atoms with Crippen molar-refractivity contribution >= 4 is 50.8 Å². The number of ether oxygens (including phenoxy) is 10. The summed E-state index contributed by atoms with van der Waals surface area (Å²) in [7, 11) is 0. The molecule has 768 valence electrons. The molecule has 0 saturated heterocycles. The Balaban J connectivity index is 0.000000143. The zero-order chi connectivity index (χ0) is 104. The van der Waals surface area contributed by atoms with Crippen molar-refractivity contribution in [3.8, 4) is 57.5 Å². The van der Waals surface area contributed by atoms with E-state index in [1.54, 1.807) is 0 Å². The van der Waals surface area contributed by atoms with Gasteiger partial charge in [0.2, 0.25) is 6.29 Å². The molecule has 0 radical (unpaired) electrons. The number of fused-ring (bicyclic) bond motifs is 7. The number of halogens is 1. The Bertz CT molecular complexity index is 6210. The molecule has 12 aromatic rings. The molecule has 1 unspecified atom stereocenters. The molecule has 144 heavy (non-hydrogen) atoms. The summed E-state index contributed by atoms with van der Waals surface area (Å²) >= 11 is 5.72. The van der Waals surface area contributed by atoms with E-state index in [4.69, 9.17) is 59.0 Å². The third-order valence-corrected chi connectivity index (χ3v) is 28.8. The molecule has 2 aromatic heterocycles. The van der Waals surface area contributed by atoms with Gasteiger partial charge in [0.05, 0.1) is 80.6 Å². The van der Waals surface area contributed by atoms with E-state index in [1.807, 2.05) is 83.4 Å². The Labute approximate surface area is 865 Å². The van der Waals surface area contributed by atoms with Crippen LogP contribution in [0.4, 0.5) is 0 Å². The highest BCUT2D eigenvalue weighted by Crippen LogP contribution is 2.45. The molecule has 9 aliphatic heterocycles. The second-order valence-electron chi connectivity index (χ2n) is 42.7. The second kappa shape index (κ2) is 50.9. The van der Waals surface area contributed by atoms with Crippen LogP contribution in [0.5, 0.6) is 57.5 Å². The van der Waals surface area contributed by atoms with Crippen molar-refractivity contribution in [2.75, 3.05) is 52.9 Å². The summed E-state index contributed by atoms with van der Waals surface area (Å²) < 4.78 is 56.0. The van der Waals surface area contributed by atoms with Gasteiger partial charge in [0.25, 0.3) is 0 Å². The van der Waals surface area contributed by atoms with Crippen LogP contribution in [0.2, 0.25) is 5.02 Å². The van der Waals surface area contributed by atoms with E-state index in [0.29, 0.717) is 98.3 Å². The molecule has 1 atom stereocenters. The Hall–Kier alpha value is -11.7. The number of hydrogen-bond acceptors (Lipinski definition) is 15. The summed E-state index contributed by atoms with van der Waals surface area (Å²) in [5.41, 5.74) is 34.9. The Morgan fingerprint density at radius 2 is 0.611 bits per heavy atom. The molecule has 21 rings (SSSR count). The number of rotatable bonds is 10. The number of benzene rings is 10. The van der Waals surface area contributed by atoms with Gasteiger partial charge in [0.15, 0.2) is 28.8 Å². The van der Waals surface area contributed by atoms with Crippen LogP contribution in [0.1, 0.15) is 402 Å². The third kappa shape index (κ3) is 27.3. The van der Waals surface area contributed by atoms with E-state index in [1.165, 1.54) is 136 Å². The van der Waals surface area contributed by atoms with Gasteiger partial charge in [-0.1, -0.05) is 223 Å². The van der Waals surface area contributed by atoms with Gasteiger partial charge in [-0.15, -0.1) is 0 Å². The fraction of sp³-hybridized carbons (Fsp3) is 0.461. The van der Waals surface area contributed by atoms with Gasteiger partial charge in [0.1, 0.15) is 46.0 Å². The number of nitrogens with zero attached hydrogens (tertiary/aromatic N) is 2. The lowest BCUT2D eigenvalue weighted by Gasteiger charge is -2.24. The molecular weight excluding hydrogens is 1810 g/mol. The molecule has 16 heteroatoms. The lowest BCUT2D eigenvalue weighted by molar-refractivity contribution is 0.0678. The quantitative estimate of drug-likeness (QED) is 0.127. The predicted molar refractivity (Wildman–Crippen MR) is 593 cm³/mol. The first-order chi connectivity index (χ1) is 68.6. The molecule has 0 N–H and O–H groups in total. The molecule has 0 amide bonds. The van der Waals surface area contributed by atoms with Crippen molar-refractivity contribution < 1.29 is 61.8 Å². The molecule has 0 saturated carbocycles. The van der Waals surface area contributed by atoms with Crippen molar-refractivity contribution in [1.82, 2.24) is 9.97 Å². The lowest BCUT2D eigenvalue weighted by atomic mass is 9.88. The highest BCUT2D eigenvalue weighted by atomic mass is 35.5. The number of carbonyl (C=O) groups excluding carboxylic acids is 3. The van der Waals surface area contributed by atoms with Gasteiger partial charge >= 0.3 is 0 Å². The van der Waals surface area contributed by atoms with E-state index >= 15 is 0 Å². The monoisotopic (exact) mass is 1970 g/mol. The smallest absolute Gasteiger partial charge is 0.238 e. The molecular formula is C128H161ClN2O13. The maximum atomic E-state index is 12.0. The Kier molecular flexibility index (Phi) is 39.3. The normalized spacial score (nSPS) is 14.9. The number of aromatic nitrogens is 2. The van der Waals surface area contributed by atoms with Gasteiger partial charge in [-0.25, -0.2) is 0 Å². The SMILES string of the molecule is CC(C)c1ccc(Cl)cc1.CC(C)c1ccc2c(c1)C(=O)CCO2.CC(C)c1ccc2c(c1)CCCO2.CC(C)c1ccc2c3c(ccnc13)CCO2.CC(C)c1ccc2c3c(ccnc13)CCO2.CC1Oc2ccc(C(C)C)cc2O1.Cc1cc(C(C)C)c(C)c2c1OCCC2.Cc1cc(C(C)C)c(C)c2c1OCCC2.Cc1cc(C(C)C)c(C)c2c1OCCC2=O.Cc1cc(C(C)C)c(C)c2c1OCCC2=O. The minimum absolute atomic E-state index is 0.141. The topological polar surface area (TPSA) is 169 Å². The van der Waals surface area contributed by atoms with Crippen LogP contribution in [0.15, 0.2) is 152 Å². The average molecular weight is 1970 g/mol. The molecule has 0 aliphatic carbocycles. The van der Waals surface area contributed by atoms with E-state index in [-0.39, 0.29) is 23.6 Å². The minimum Gasteiger partial charge on any atom is -0.493 e. The third-order valence-electron chi connectivity index (χ3n) is 28.5. The van der Waals surface area contributed by atoms with E-state index < -0.39 is 0 Å². The summed E-state index contributed by atoms with van der Waals surface area (Å²) in [6.07, 6.45) is 14.2. The molecule has 0 bridgehead atoms. The molecule has 15 nitrogen and oxygen atoms in total. The number of ketones is 3. The highest BCUT2D eigenvalue weighted by molar-refractivity contribution is 6.30. The van der Waals surface area contributed by atoms with Crippen molar-refractivity contribution in [3.63, 3.8) is 0 Å². The fourth-order valence-corrected chi connectivity index (χ4v) is 20.4. The van der Waals surface area contributed by atoms with Gasteiger partial charge in [0, 0.05) is 67.2 Å². The number of pyridine rings is 2. The maximum Gasteiger partial charge on any atom is 0.238 e. The van der Waals surface area contributed by atoms with Crippen molar-refractivity contribution in [2.45, 2.75) is 337 Å². The van der Waals surface area contributed by atoms with Crippen LogP contribution in [0, 0.1) is 55.4 Å². The summed E-state index contributed by atoms with van der Waals surface area (Å²) in [6, 6.07) is 48.2. The van der Waals surface area contributed by atoms with Crippen LogP contribution < -0.4 is 47.4 Å². The molecule has 9 aliphatic rings. The van der Waals surface area contributed by atoms with Crippen LogP contribution in [0.25, 0.3) is 21.8 Å². The van der Waals surface area contributed by atoms with Gasteiger partial charge < -0.3 is 47.4 Å². The first-order valence-electron chi connectivity index (χ1n) is 53.1. The maximum absolute atomic E-state index is 12.0. The number of Topliss-reactive ketones (excluding diaryl/α,β-unsaturated/α-hetero) is 3. The summed E-state index contributed by atoms with van der Waals surface area (Å²) in [6.45, 7) is 68.4. The van der Waals surface area contributed by atoms with Crippen LogP contribution in [-0.4, -0.2) is 86.5 Å². The molecule has 0 fully saturated rings. The summed E-state index contributed by atoms with van der Waals surface area (Å²) in [4.78, 5) is 44.5. The number of hydrogen-bond donors (Lipinski definition) is 0. The highest BCUT2D eigenvalue weighted by Gasteiger charge is 2.31. The average Bonchev–Trinajstić information content (AvgIpc) is 0.844. The number of carbonyl (C=O) groups is 3. The summed E-state index contributed by atoms with van der Waals surface area (Å²) in [5.74, 6) is 15.4. The van der Waals surface area contributed by atoms with Gasteiger partial charge in [-0.3, -0.25) is 24.4 Å². The number of aryl methyl sites for hydroxylation is 5.